The largest absolute Gasteiger partial charge is 0.301 e. The SMILES string of the molecule is O=C(CCc1ccccn1)Nc1nnc([C@H]2CCC[C@H](c3nnc(NC(=O)CCc4ccccn4)s3)C2)s1. The van der Waals surface area contributed by atoms with Crippen molar-refractivity contribution in [1.82, 2.24) is 30.4 Å². The second kappa shape index (κ2) is 12.7. The first-order chi connectivity index (χ1) is 18.6. The van der Waals surface area contributed by atoms with Crippen molar-refractivity contribution in [3.8, 4) is 0 Å². The molecule has 1 fully saturated rings. The molecule has 4 heterocycles. The van der Waals surface area contributed by atoms with Crippen LogP contribution in [0.25, 0.3) is 0 Å². The summed E-state index contributed by atoms with van der Waals surface area (Å²) in [6, 6.07) is 11.4. The molecule has 0 saturated heterocycles. The molecular weight excluding hydrogens is 520 g/mol. The summed E-state index contributed by atoms with van der Waals surface area (Å²) in [4.78, 5) is 33.2. The molecular formula is C26H28N8O2S2. The summed E-state index contributed by atoms with van der Waals surface area (Å²) in [7, 11) is 0. The van der Waals surface area contributed by atoms with Gasteiger partial charge in [0.1, 0.15) is 10.0 Å². The predicted molar refractivity (Wildman–Crippen MR) is 146 cm³/mol. The van der Waals surface area contributed by atoms with Crippen LogP contribution in [0.15, 0.2) is 48.8 Å². The van der Waals surface area contributed by atoms with Crippen molar-refractivity contribution in [2.75, 3.05) is 10.6 Å². The Morgan fingerprint density at radius 1 is 0.737 bits per heavy atom. The lowest BCUT2D eigenvalue weighted by atomic mass is 9.82. The second-order valence-corrected chi connectivity index (χ2v) is 11.2. The Kier molecular flexibility index (Phi) is 8.71. The fraction of sp³-hybridized carbons (Fsp3) is 0.385. The molecule has 0 unspecified atom stereocenters. The number of carbonyl (C=O) groups excluding carboxylic acids is 2. The Balaban J connectivity index is 1.11. The van der Waals surface area contributed by atoms with Gasteiger partial charge < -0.3 is 10.6 Å². The van der Waals surface area contributed by atoms with E-state index in [1.54, 1.807) is 12.4 Å². The molecule has 0 radical (unpaired) electrons. The monoisotopic (exact) mass is 548 g/mol. The van der Waals surface area contributed by atoms with Crippen LogP contribution in [0, 0.1) is 0 Å². The van der Waals surface area contributed by atoms with Crippen LogP contribution in [0.4, 0.5) is 10.3 Å². The van der Waals surface area contributed by atoms with Crippen molar-refractivity contribution in [3.05, 3.63) is 70.2 Å². The van der Waals surface area contributed by atoms with Crippen LogP contribution < -0.4 is 10.6 Å². The molecule has 10 nitrogen and oxygen atoms in total. The molecule has 0 bridgehead atoms. The molecule has 2 amide bonds. The Morgan fingerprint density at radius 3 is 1.68 bits per heavy atom. The normalized spacial score (nSPS) is 17.2. The van der Waals surface area contributed by atoms with Crippen LogP contribution >= 0.6 is 22.7 Å². The van der Waals surface area contributed by atoms with Gasteiger partial charge in [-0.25, -0.2) is 0 Å². The van der Waals surface area contributed by atoms with Crippen LogP contribution in [0.2, 0.25) is 0 Å². The van der Waals surface area contributed by atoms with Crippen molar-refractivity contribution in [1.29, 1.82) is 0 Å². The van der Waals surface area contributed by atoms with E-state index in [0.29, 0.717) is 35.9 Å². The Hall–Kier alpha value is -3.64. The van der Waals surface area contributed by atoms with Gasteiger partial charge in [0, 0.05) is 48.5 Å². The number of hydrogen-bond acceptors (Lipinski definition) is 10. The van der Waals surface area contributed by atoms with Gasteiger partial charge in [-0.1, -0.05) is 41.2 Å². The molecule has 0 aromatic carbocycles. The Bertz CT molecular complexity index is 1240. The van der Waals surface area contributed by atoms with Gasteiger partial charge in [0.25, 0.3) is 0 Å². The van der Waals surface area contributed by atoms with Gasteiger partial charge in [-0.05, 0) is 56.4 Å². The number of aryl methyl sites for hydroxylation is 2. The van der Waals surface area contributed by atoms with E-state index in [9.17, 15) is 9.59 Å². The molecule has 2 N–H and O–H groups in total. The first kappa shape index (κ1) is 26.0. The van der Waals surface area contributed by atoms with Crippen molar-refractivity contribution >= 4 is 44.8 Å². The summed E-state index contributed by atoms with van der Waals surface area (Å²) in [5.41, 5.74) is 1.77. The van der Waals surface area contributed by atoms with E-state index in [2.05, 4.69) is 41.0 Å². The number of pyridine rings is 2. The van der Waals surface area contributed by atoms with Crippen LogP contribution in [0.5, 0.6) is 0 Å². The molecule has 196 valence electrons. The number of anilines is 2. The Morgan fingerprint density at radius 2 is 1.24 bits per heavy atom. The lowest BCUT2D eigenvalue weighted by Crippen LogP contribution is -2.13. The molecule has 4 aromatic heterocycles. The zero-order chi connectivity index (χ0) is 26.2. The average molecular weight is 549 g/mol. The molecule has 0 aliphatic heterocycles. The highest BCUT2D eigenvalue weighted by Crippen LogP contribution is 2.43. The van der Waals surface area contributed by atoms with Gasteiger partial charge in [-0.3, -0.25) is 19.6 Å². The molecule has 1 aliphatic rings. The van der Waals surface area contributed by atoms with Crippen LogP contribution in [-0.2, 0) is 22.4 Å². The zero-order valence-electron chi connectivity index (χ0n) is 20.7. The van der Waals surface area contributed by atoms with Crippen molar-refractivity contribution in [2.45, 2.75) is 63.2 Å². The van der Waals surface area contributed by atoms with Crippen LogP contribution in [0.3, 0.4) is 0 Å². The van der Waals surface area contributed by atoms with E-state index in [-0.39, 0.29) is 23.7 Å². The minimum Gasteiger partial charge on any atom is -0.301 e. The van der Waals surface area contributed by atoms with Gasteiger partial charge in [-0.15, -0.1) is 20.4 Å². The third-order valence-electron chi connectivity index (χ3n) is 6.42. The average Bonchev–Trinajstić information content (AvgIpc) is 3.62. The van der Waals surface area contributed by atoms with Gasteiger partial charge in [0.15, 0.2) is 0 Å². The molecule has 38 heavy (non-hydrogen) atoms. The highest BCUT2D eigenvalue weighted by atomic mass is 32.1. The summed E-state index contributed by atoms with van der Waals surface area (Å²) >= 11 is 2.88. The van der Waals surface area contributed by atoms with Gasteiger partial charge in [-0.2, -0.15) is 0 Å². The van der Waals surface area contributed by atoms with Crippen LogP contribution in [0.1, 0.15) is 71.8 Å². The van der Waals surface area contributed by atoms with Gasteiger partial charge in [0.2, 0.25) is 22.1 Å². The number of nitrogens with zero attached hydrogens (tertiary/aromatic N) is 6. The van der Waals surface area contributed by atoms with Crippen molar-refractivity contribution < 1.29 is 9.59 Å². The first-order valence-electron chi connectivity index (χ1n) is 12.7. The summed E-state index contributed by atoms with van der Waals surface area (Å²) in [6.45, 7) is 0. The molecule has 0 spiro atoms. The fourth-order valence-electron chi connectivity index (χ4n) is 4.48. The maximum Gasteiger partial charge on any atom is 0.226 e. The van der Waals surface area contributed by atoms with E-state index in [1.807, 2.05) is 36.4 Å². The quantitative estimate of drug-likeness (QED) is 0.289. The summed E-state index contributed by atoms with van der Waals surface area (Å²) in [5, 5.41) is 25.8. The topological polar surface area (TPSA) is 136 Å². The standard InChI is InChI=1S/C26H28N8O2S2/c35-21(12-10-19-8-1-3-14-27-19)29-25-33-31-23(37-25)17-6-5-7-18(16-17)24-32-34-26(38-24)30-22(36)13-11-20-9-2-4-15-28-20/h1-4,8-9,14-15,17-18H,5-7,10-13,16H2,(H,29,33,35)(H,30,34,36)/t17-,18-/m0/s1. The van der Waals surface area contributed by atoms with E-state index in [4.69, 9.17) is 0 Å². The maximum atomic E-state index is 12.4. The lowest BCUT2D eigenvalue weighted by molar-refractivity contribution is -0.117. The molecule has 2 atom stereocenters. The third kappa shape index (κ3) is 7.23. The lowest BCUT2D eigenvalue weighted by Gasteiger charge is -2.25. The number of amides is 2. The summed E-state index contributed by atoms with van der Waals surface area (Å²) in [5.74, 6) is 0.322. The number of hydrogen-bond donors (Lipinski definition) is 2. The molecule has 5 rings (SSSR count). The summed E-state index contributed by atoms with van der Waals surface area (Å²) in [6.07, 6.45) is 9.29. The smallest absolute Gasteiger partial charge is 0.226 e. The predicted octanol–water partition coefficient (Wildman–Crippen LogP) is 4.76. The Labute approximate surface area is 228 Å². The van der Waals surface area contributed by atoms with E-state index < -0.39 is 0 Å². The molecule has 12 heteroatoms. The number of rotatable bonds is 10. The fourth-order valence-corrected chi connectivity index (χ4v) is 6.29. The molecule has 1 saturated carbocycles. The third-order valence-corrected chi connectivity index (χ3v) is 8.42. The van der Waals surface area contributed by atoms with E-state index >= 15 is 0 Å². The highest BCUT2D eigenvalue weighted by molar-refractivity contribution is 7.15. The molecule has 4 aromatic rings. The van der Waals surface area contributed by atoms with Crippen molar-refractivity contribution in [2.24, 2.45) is 0 Å². The van der Waals surface area contributed by atoms with Crippen molar-refractivity contribution in [3.63, 3.8) is 0 Å². The van der Waals surface area contributed by atoms with E-state index in [0.717, 1.165) is 47.1 Å². The summed E-state index contributed by atoms with van der Waals surface area (Å²) < 4.78 is 0. The zero-order valence-corrected chi connectivity index (χ0v) is 22.4. The number of carbonyl (C=O) groups is 2. The number of nitrogens with one attached hydrogen (secondary N) is 2. The van der Waals surface area contributed by atoms with Crippen LogP contribution in [-0.4, -0.2) is 42.2 Å². The maximum absolute atomic E-state index is 12.4. The number of aromatic nitrogens is 6. The van der Waals surface area contributed by atoms with E-state index in [1.165, 1.54) is 22.7 Å². The minimum atomic E-state index is -0.0941. The second-order valence-electron chi connectivity index (χ2n) is 9.19. The highest BCUT2D eigenvalue weighted by Gasteiger charge is 2.29. The minimum absolute atomic E-state index is 0.0941. The van der Waals surface area contributed by atoms with Gasteiger partial charge in [0.05, 0.1) is 0 Å². The first-order valence-corrected chi connectivity index (χ1v) is 14.3. The van der Waals surface area contributed by atoms with Gasteiger partial charge >= 0.3 is 0 Å². The molecule has 1 aliphatic carbocycles.